The summed E-state index contributed by atoms with van der Waals surface area (Å²) >= 11 is 0. The normalized spacial score (nSPS) is 16.7. The van der Waals surface area contributed by atoms with E-state index in [0.29, 0.717) is 5.41 Å². The highest BCUT2D eigenvalue weighted by atomic mass is 15.3. The van der Waals surface area contributed by atoms with Crippen molar-refractivity contribution in [1.29, 1.82) is 0 Å². The Kier molecular flexibility index (Phi) is 2.92. The molecule has 1 N–H and O–H groups in total. The Bertz CT molecular complexity index is 512. The van der Waals surface area contributed by atoms with Gasteiger partial charge in [0.25, 0.3) is 0 Å². The monoisotopic (exact) mass is 241 g/mol. The number of nitrogens with zero attached hydrogens (tertiary/aromatic N) is 2. The summed E-state index contributed by atoms with van der Waals surface area (Å²) in [7, 11) is 0. The number of rotatable bonds is 5. The molecule has 1 heterocycles. The molecule has 0 aliphatic heterocycles. The van der Waals surface area contributed by atoms with Crippen molar-refractivity contribution in [1.82, 2.24) is 15.1 Å². The Morgan fingerprint density at radius 3 is 2.72 bits per heavy atom. The van der Waals surface area contributed by atoms with Crippen LogP contribution in [0.4, 0.5) is 0 Å². The zero-order chi connectivity index (χ0) is 12.4. The number of hydrogen-bond acceptors (Lipinski definition) is 2. The van der Waals surface area contributed by atoms with Crippen LogP contribution in [-0.4, -0.2) is 16.3 Å². The fourth-order valence-electron chi connectivity index (χ4n) is 2.06. The Morgan fingerprint density at radius 1 is 1.22 bits per heavy atom. The number of benzene rings is 1. The van der Waals surface area contributed by atoms with Crippen molar-refractivity contribution in [2.45, 2.75) is 26.3 Å². The van der Waals surface area contributed by atoms with Gasteiger partial charge in [-0.1, -0.05) is 25.1 Å². The van der Waals surface area contributed by atoms with E-state index in [9.17, 15) is 0 Å². The molecule has 1 aromatic heterocycles. The standard InChI is InChI=1S/C15H19N3/c1-15(8-9-15)12-16-11-13-7-10-18(17-13)14-5-3-2-4-6-14/h2-7,10,16H,8-9,11-12H2,1H3. The second-order valence-corrected chi connectivity index (χ2v) is 5.50. The molecule has 0 radical (unpaired) electrons. The highest BCUT2D eigenvalue weighted by Gasteiger charge is 2.36. The largest absolute Gasteiger partial charge is 0.311 e. The van der Waals surface area contributed by atoms with Crippen molar-refractivity contribution in [3.63, 3.8) is 0 Å². The van der Waals surface area contributed by atoms with E-state index >= 15 is 0 Å². The number of nitrogens with one attached hydrogen (secondary N) is 1. The van der Waals surface area contributed by atoms with Gasteiger partial charge in [-0.3, -0.25) is 0 Å². The van der Waals surface area contributed by atoms with Gasteiger partial charge in [-0.15, -0.1) is 0 Å². The lowest BCUT2D eigenvalue weighted by molar-refractivity contribution is 0.496. The second kappa shape index (κ2) is 4.58. The number of aromatic nitrogens is 2. The molecule has 94 valence electrons. The van der Waals surface area contributed by atoms with Gasteiger partial charge in [0.15, 0.2) is 0 Å². The molecule has 0 bridgehead atoms. The van der Waals surface area contributed by atoms with E-state index in [4.69, 9.17) is 0 Å². The Morgan fingerprint density at radius 2 is 2.00 bits per heavy atom. The van der Waals surface area contributed by atoms with Gasteiger partial charge in [-0.05, 0) is 36.5 Å². The van der Waals surface area contributed by atoms with Crippen LogP contribution in [0.5, 0.6) is 0 Å². The molecule has 3 nitrogen and oxygen atoms in total. The van der Waals surface area contributed by atoms with Gasteiger partial charge in [0, 0.05) is 19.3 Å². The number of hydrogen-bond donors (Lipinski definition) is 1. The van der Waals surface area contributed by atoms with Gasteiger partial charge in [-0.25, -0.2) is 4.68 Å². The molecule has 0 atom stereocenters. The van der Waals surface area contributed by atoms with Crippen molar-refractivity contribution in [3.8, 4) is 5.69 Å². The minimum Gasteiger partial charge on any atom is -0.311 e. The van der Waals surface area contributed by atoms with Crippen LogP contribution < -0.4 is 5.32 Å². The van der Waals surface area contributed by atoms with Crippen LogP contribution in [-0.2, 0) is 6.54 Å². The molecule has 2 aromatic rings. The van der Waals surface area contributed by atoms with Gasteiger partial charge in [-0.2, -0.15) is 5.10 Å². The molecule has 0 amide bonds. The topological polar surface area (TPSA) is 29.9 Å². The maximum atomic E-state index is 4.57. The van der Waals surface area contributed by atoms with E-state index in [1.165, 1.54) is 12.8 Å². The lowest BCUT2D eigenvalue weighted by Gasteiger charge is -2.08. The molecule has 1 saturated carbocycles. The Labute approximate surface area is 108 Å². The van der Waals surface area contributed by atoms with Gasteiger partial charge >= 0.3 is 0 Å². The van der Waals surface area contributed by atoms with Crippen molar-refractivity contribution < 1.29 is 0 Å². The highest BCUT2D eigenvalue weighted by Crippen LogP contribution is 2.44. The molecule has 1 fully saturated rings. The molecular formula is C15H19N3. The molecule has 3 heteroatoms. The predicted molar refractivity (Wildman–Crippen MR) is 72.6 cm³/mol. The summed E-state index contributed by atoms with van der Waals surface area (Å²) in [5.41, 5.74) is 2.77. The summed E-state index contributed by atoms with van der Waals surface area (Å²) in [6.07, 6.45) is 4.74. The molecule has 1 aliphatic rings. The molecule has 1 aliphatic carbocycles. The zero-order valence-electron chi connectivity index (χ0n) is 10.8. The lowest BCUT2D eigenvalue weighted by atomic mass is 10.1. The van der Waals surface area contributed by atoms with Crippen LogP contribution in [0.15, 0.2) is 42.6 Å². The first-order valence-corrected chi connectivity index (χ1v) is 6.56. The van der Waals surface area contributed by atoms with Crippen LogP contribution in [0.1, 0.15) is 25.5 Å². The molecule has 1 aromatic carbocycles. The van der Waals surface area contributed by atoms with Crippen molar-refractivity contribution >= 4 is 0 Å². The third-order valence-electron chi connectivity index (χ3n) is 3.63. The van der Waals surface area contributed by atoms with E-state index in [1.807, 2.05) is 29.1 Å². The van der Waals surface area contributed by atoms with Gasteiger partial charge in [0.2, 0.25) is 0 Å². The molecule has 0 unspecified atom stereocenters. The van der Waals surface area contributed by atoms with Crippen LogP contribution in [0.3, 0.4) is 0 Å². The average Bonchev–Trinajstić information content (AvgIpc) is 2.94. The van der Waals surface area contributed by atoms with Crippen LogP contribution >= 0.6 is 0 Å². The van der Waals surface area contributed by atoms with Gasteiger partial charge in [0.1, 0.15) is 0 Å². The predicted octanol–water partition coefficient (Wildman–Crippen LogP) is 2.76. The van der Waals surface area contributed by atoms with E-state index in [1.54, 1.807) is 0 Å². The maximum Gasteiger partial charge on any atom is 0.0766 e. The molecule has 0 saturated heterocycles. The molecule has 3 rings (SSSR count). The first kappa shape index (κ1) is 11.5. The first-order chi connectivity index (χ1) is 8.75. The summed E-state index contributed by atoms with van der Waals surface area (Å²) in [4.78, 5) is 0. The minimum absolute atomic E-state index is 0.558. The molecule has 0 spiro atoms. The fourth-order valence-corrected chi connectivity index (χ4v) is 2.06. The average molecular weight is 241 g/mol. The number of para-hydroxylation sites is 1. The summed E-state index contributed by atoms with van der Waals surface area (Å²) in [6.45, 7) is 4.29. The summed E-state index contributed by atoms with van der Waals surface area (Å²) in [6, 6.07) is 12.3. The maximum absolute atomic E-state index is 4.57. The van der Waals surface area contributed by atoms with E-state index in [0.717, 1.165) is 24.5 Å². The summed E-state index contributed by atoms with van der Waals surface area (Å²) in [5, 5.41) is 8.07. The van der Waals surface area contributed by atoms with Crippen molar-refractivity contribution in [2.24, 2.45) is 5.41 Å². The van der Waals surface area contributed by atoms with E-state index in [2.05, 4.69) is 35.5 Å². The van der Waals surface area contributed by atoms with Crippen LogP contribution in [0, 0.1) is 5.41 Å². The van der Waals surface area contributed by atoms with Crippen LogP contribution in [0.2, 0.25) is 0 Å². The Balaban J connectivity index is 1.59. The third-order valence-corrected chi connectivity index (χ3v) is 3.63. The molecular weight excluding hydrogens is 222 g/mol. The van der Waals surface area contributed by atoms with Crippen molar-refractivity contribution in [3.05, 3.63) is 48.3 Å². The van der Waals surface area contributed by atoms with E-state index < -0.39 is 0 Å². The highest BCUT2D eigenvalue weighted by molar-refractivity contribution is 5.30. The van der Waals surface area contributed by atoms with Crippen LogP contribution in [0.25, 0.3) is 5.69 Å². The van der Waals surface area contributed by atoms with Gasteiger partial charge < -0.3 is 5.32 Å². The summed E-state index contributed by atoms with van der Waals surface area (Å²) < 4.78 is 1.93. The Hall–Kier alpha value is -1.61. The van der Waals surface area contributed by atoms with Crippen molar-refractivity contribution in [2.75, 3.05) is 6.54 Å². The van der Waals surface area contributed by atoms with Gasteiger partial charge in [0.05, 0.1) is 11.4 Å². The third kappa shape index (κ3) is 2.62. The molecule has 18 heavy (non-hydrogen) atoms. The first-order valence-electron chi connectivity index (χ1n) is 6.56. The SMILES string of the molecule is CC1(CNCc2ccn(-c3ccccc3)n2)CC1. The quantitative estimate of drug-likeness (QED) is 0.872. The smallest absolute Gasteiger partial charge is 0.0766 e. The second-order valence-electron chi connectivity index (χ2n) is 5.50. The lowest BCUT2D eigenvalue weighted by Crippen LogP contribution is -2.21. The summed E-state index contributed by atoms with van der Waals surface area (Å²) in [5.74, 6) is 0. The van der Waals surface area contributed by atoms with E-state index in [-0.39, 0.29) is 0 Å². The fraction of sp³-hybridized carbons (Fsp3) is 0.400. The minimum atomic E-state index is 0.558. The zero-order valence-corrected chi connectivity index (χ0v) is 10.8.